The van der Waals surface area contributed by atoms with Gasteiger partial charge in [0.05, 0.1) is 4.90 Å². The summed E-state index contributed by atoms with van der Waals surface area (Å²) in [6.45, 7) is 4.82. The lowest BCUT2D eigenvalue weighted by atomic mass is 10.2. The molecular formula is C17H19N3O4S. The fourth-order valence-electron chi connectivity index (χ4n) is 2.11. The number of nitrogens with one attached hydrogen (secondary N) is 3. The Hall–Kier alpha value is -2.87. The van der Waals surface area contributed by atoms with E-state index in [1.54, 1.807) is 19.1 Å². The lowest BCUT2D eigenvalue weighted by Crippen LogP contribution is -2.40. The maximum atomic E-state index is 12.5. The van der Waals surface area contributed by atoms with Crippen LogP contribution in [0.4, 0.5) is 5.69 Å². The minimum Gasteiger partial charge on any atom is -0.280 e. The summed E-state index contributed by atoms with van der Waals surface area (Å²) in [7, 11) is -3.73. The van der Waals surface area contributed by atoms with Gasteiger partial charge in [-0.25, -0.2) is 8.42 Å². The summed E-state index contributed by atoms with van der Waals surface area (Å²) in [5.41, 5.74) is 6.51. The molecule has 0 atom stereocenters. The summed E-state index contributed by atoms with van der Waals surface area (Å²) >= 11 is 0. The van der Waals surface area contributed by atoms with E-state index in [0.29, 0.717) is 11.3 Å². The lowest BCUT2D eigenvalue weighted by molar-refractivity contribution is -0.119. The van der Waals surface area contributed by atoms with Crippen LogP contribution in [0.1, 0.15) is 28.4 Å². The maximum absolute atomic E-state index is 12.5. The Labute approximate surface area is 146 Å². The van der Waals surface area contributed by atoms with E-state index in [4.69, 9.17) is 0 Å². The Balaban J connectivity index is 2.16. The van der Waals surface area contributed by atoms with Crippen molar-refractivity contribution < 1.29 is 18.0 Å². The van der Waals surface area contributed by atoms with Crippen LogP contribution in [-0.2, 0) is 14.8 Å². The van der Waals surface area contributed by atoms with Crippen molar-refractivity contribution in [3.8, 4) is 0 Å². The smallest absolute Gasteiger partial charge is 0.269 e. The predicted molar refractivity (Wildman–Crippen MR) is 94.4 cm³/mol. The fraction of sp³-hybridized carbons (Fsp3) is 0.176. The highest BCUT2D eigenvalue weighted by molar-refractivity contribution is 7.92. The molecule has 0 radical (unpaired) electrons. The second kappa shape index (κ2) is 7.35. The Morgan fingerprint density at radius 3 is 2.16 bits per heavy atom. The van der Waals surface area contributed by atoms with Gasteiger partial charge in [-0.2, -0.15) is 0 Å². The van der Waals surface area contributed by atoms with E-state index in [1.165, 1.54) is 31.2 Å². The summed E-state index contributed by atoms with van der Waals surface area (Å²) in [6.07, 6.45) is 0. The third-order valence-corrected chi connectivity index (χ3v) is 4.91. The molecular weight excluding hydrogens is 342 g/mol. The zero-order valence-corrected chi connectivity index (χ0v) is 14.9. The minimum absolute atomic E-state index is 0.208. The van der Waals surface area contributed by atoms with Crippen LogP contribution in [0.5, 0.6) is 0 Å². The highest BCUT2D eigenvalue weighted by Crippen LogP contribution is 2.20. The third kappa shape index (κ3) is 4.80. The van der Waals surface area contributed by atoms with E-state index in [2.05, 4.69) is 15.6 Å². The number of hydrazine groups is 1. The zero-order valence-electron chi connectivity index (χ0n) is 14.1. The number of rotatable bonds is 4. The average molecular weight is 361 g/mol. The van der Waals surface area contributed by atoms with Crippen LogP contribution >= 0.6 is 0 Å². The van der Waals surface area contributed by atoms with Crippen molar-refractivity contribution in [1.29, 1.82) is 0 Å². The van der Waals surface area contributed by atoms with Crippen molar-refractivity contribution in [2.24, 2.45) is 0 Å². The van der Waals surface area contributed by atoms with Gasteiger partial charge in [0, 0.05) is 18.2 Å². The van der Waals surface area contributed by atoms with Gasteiger partial charge in [0.2, 0.25) is 5.91 Å². The molecule has 2 amide bonds. The molecule has 25 heavy (non-hydrogen) atoms. The molecule has 0 spiro atoms. The normalized spacial score (nSPS) is 10.8. The van der Waals surface area contributed by atoms with E-state index in [-0.39, 0.29) is 10.5 Å². The standard InChI is InChI=1S/C17H19N3O4S/c1-11-4-5-12(2)16(10-11)25(23,24)20-15-8-6-14(7-9-15)17(22)19-18-13(3)21/h4-10,20H,1-3H3,(H,18,21)(H,19,22). The number of carbonyl (C=O) groups excluding carboxylic acids is 2. The maximum Gasteiger partial charge on any atom is 0.269 e. The fourth-order valence-corrected chi connectivity index (χ4v) is 3.50. The molecule has 7 nitrogen and oxygen atoms in total. The third-order valence-electron chi connectivity index (χ3n) is 3.38. The Bertz CT molecular complexity index is 906. The molecule has 0 aliphatic carbocycles. The van der Waals surface area contributed by atoms with Gasteiger partial charge in [0.25, 0.3) is 15.9 Å². The molecule has 132 valence electrons. The van der Waals surface area contributed by atoms with Gasteiger partial charge in [-0.1, -0.05) is 12.1 Å². The molecule has 0 bridgehead atoms. The number of carbonyl (C=O) groups is 2. The van der Waals surface area contributed by atoms with Crippen LogP contribution in [0.2, 0.25) is 0 Å². The van der Waals surface area contributed by atoms with Gasteiger partial charge in [0.1, 0.15) is 0 Å². The molecule has 2 aromatic carbocycles. The SMILES string of the molecule is CC(=O)NNC(=O)c1ccc(NS(=O)(=O)c2cc(C)ccc2C)cc1. The van der Waals surface area contributed by atoms with E-state index in [9.17, 15) is 18.0 Å². The first kappa shape index (κ1) is 18.5. The summed E-state index contributed by atoms with van der Waals surface area (Å²) in [4.78, 5) is 22.8. The van der Waals surface area contributed by atoms with Crippen molar-refractivity contribution in [3.05, 3.63) is 59.2 Å². The largest absolute Gasteiger partial charge is 0.280 e. The number of anilines is 1. The molecule has 8 heteroatoms. The molecule has 0 unspecified atom stereocenters. The molecule has 0 aliphatic heterocycles. The van der Waals surface area contributed by atoms with E-state index in [1.807, 2.05) is 13.0 Å². The average Bonchev–Trinajstić information content (AvgIpc) is 2.55. The zero-order chi connectivity index (χ0) is 18.6. The molecule has 0 heterocycles. The summed E-state index contributed by atoms with van der Waals surface area (Å²) < 4.78 is 27.6. The second-order valence-corrected chi connectivity index (χ2v) is 7.24. The van der Waals surface area contributed by atoms with Crippen LogP contribution in [-0.4, -0.2) is 20.2 Å². The van der Waals surface area contributed by atoms with Gasteiger partial charge < -0.3 is 0 Å². The quantitative estimate of drug-likeness (QED) is 0.723. The van der Waals surface area contributed by atoms with Crippen LogP contribution < -0.4 is 15.6 Å². The van der Waals surface area contributed by atoms with Gasteiger partial charge in [-0.05, 0) is 55.3 Å². The molecule has 0 fully saturated rings. The van der Waals surface area contributed by atoms with Crippen molar-refractivity contribution in [1.82, 2.24) is 10.9 Å². The van der Waals surface area contributed by atoms with Gasteiger partial charge in [-0.15, -0.1) is 0 Å². The van der Waals surface area contributed by atoms with Crippen LogP contribution in [0.3, 0.4) is 0 Å². The molecule has 0 saturated heterocycles. The van der Waals surface area contributed by atoms with E-state index >= 15 is 0 Å². The Kier molecular flexibility index (Phi) is 5.43. The Morgan fingerprint density at radius 2 is 1.56 bits per heavy atom. The first-order valence-electron chi connectivity index (χ1n) is 7.46. The first-order valence-corrected chi connectivity index (χ1v) is 8.94. The van der Waals surface area contributed by atoms with Crippen molar-refractivity contribution in [2.75, 3.05) is 4.72 Å². The number of aryl methyl sites for hydroxylation is 2. The first-order chi connectivity index (χ1) is 11.7. The van der Waals surface area contributed by atoms with Crippen molar-refractivity contribution in [2.45, 2.75) is 25.7 Å². The van der Waals surface area contributed by atoms with Crippen LogP contribution in [0, 0.1) is 13.8 Å². The number of benzene rings is 2. The van der Waals surface area contributed by atoms with Crippen molar-refractivity contribution in [3.63, 3.8) is 0 Å². The predicted octanol–water partition coefficient (Wildman–Crippen LogP) is 1.89. The van der Waals surface area contributed by atoms with Crippen LogP contribution in [0.25, 0.3) is 0 Å². The molecule has 2 rings (SSSR count). The monoisotopic (exact) mass is 361 g/mol. The summed E-state index contributed by atoms with van der Waals surface area (Å²) in [5.74, 6) is -0.898. The number of sulfonamides is 1. The number of hydrogen-bond acceptors (Lipinski definition) is 4. The molecule has 2 aromatic rings. The van der Waals surface area contributed by atoms with Gasteiger partial charge in [0.15, 0.2) is 0 Å². The van der Waals surface area contributed by atoms with Gasteiger partial charge >= 0.3 is 0 Å². The molecule has 0 aliphatic rings. The molecule has 3 N–H and O–H groups in total. The van der Waals surface area contributed by atoms with Crippen molar-refractivity contribution >= 4 is 27.5 Å². The summed E-state index contributed by atoms with van der Waals surface area (Å²) in [5, 5.41) is 0. The molecule has 0 saturated carbocycles. The topological polar surface area (TPSA) is 104 Å². The Morgan fingerprint density at radius 1 is 0.920 bits per heavy atom. The lowest BCUT2D eigenvalue weighted by Gasteiger charge is -2.11. The van der Waals surface area contributed by atoms with Crippen LogP contribution in [0.15, 0.2) is 47.4 Å². The second-order valence-electron chi connectivity index (χ2n) is 5.59. The number of amides is 2. The van der Waals surface area contributed by atoms with Gasteiger partial charge in [-0.3, -0.25) is 25.2 Å². The van der Waals surface area contributed by atoms with E-state index < -0.39 is 21.8 Å². The van der Waals surface area contributed by atoms with E-state index in [0.717, 1.165) is 5.56 Å². The highest BCUT2D eigenvalue weighted by atomic mass is 32.2. The number of hydrogen-bond donors (Lipinski definition) is 3. The molecule has 0 aromatic heterocycles. The highest BCUT2D eigenvalue weighted by Gasteiger charge is 2.17. The summed E-state index contributed by atoms with van der Waals surface area (Å²) in [6, 6.07) is 11.1. The minimum atomic E-state index is -3.73.